The zero-order chi connectivity index (χ0) is 13.3. The van der Waals surface area contributed by atoms with Gasteiger partial charge in [-0.15, -0.1) is 0 Å². The minimum absolute atomic E-state index is 0.513. The fraction of sp³-hybridized carbons (Fsp3) is 0.625. The van der Waals surface area contributed by atoms with Gasteiger partial charge in [-0.25, -0.2) is 0 Å². The molecule has 3 atom stereocenters. The third-order valence-corrected chi connectivity index (χ3v) is 2.15. The van der Waals surface area contributed by atoms with Gasteiger partial charge in [0.1, 0.15) is 17.8 Å². The van der Waals surface area contributed by atoms with Crippen LogP contribution >= 0.6 is 0 Å². The van der Waals surface area contributed by atoms with E-state index in [4.69, 9.17) is 10.5 Å². The zero-order valence-electron chi connectivity index (χ0n) is 8.42. The Hall–Kier alpha value is -1.71. The molecular formula is C8H6F4N4O. The standard InChI is InChI=1S/C8H6F4N4O/c1-17-7(9,8(10,11)12)6-15-4(2-13)5(3-14)16-6/h4,6,15H,1H3. The average Bonchev–Trinajstić information content (AvgIpc) is 2.69. The number of nitrogens with one attached hydrogen (secondary N) is 1. The number of methoxy groups -OCH3 is 1. The molecule has 0 bridgehead atoms. The summed E-state index contributed by atoms with van der Waals surface area (Å²) in [5.41, 5.74) is -0.513. The fourth-order valence-corrected chi connectivity index (χ4v) is 1.25. The van der Waals surface area contributed by atoms with Crippen molar-refractivity contribution in [1.82, 2.24) is 5.32 Å². The first-order valence-corrected chi connectivity index (χ1v) is 4.24. The summed E-state index contributed by atoms with van der Waals surface area (Å²) in [5, 5.41) is 19.0. The highest BCUT2D eigenvalue weighted by molar-refractivity contribution is 6.05. The summed E-state index contributed by atoms with van der Waals surface area (Å²) in [4.78, 5) is 3.17. The predicted molar refractivity (Wildman–Crippen MR) is 46.3 cm³/mol. The van der Waals surface area contributed by atoms with Gasteiger partial charge in [-0.3, -0.25) is 10.3 Å². The van der Waals surface area contributed by atoms with Crippen LogP contribution in [0.3, 0.4) is 0 Å². The van der Waals surface area contributed by atoms with E-state index >= 15 is 0 Å². The summed E-state index contributed by atoms with van der Waals surface area (Å²) in [6, 6.07) is 1.53. The van der Waals surface area contributed by atoms with Crippen molar-refractivity contribution in [1.29, 1.82) is 10.5 Å². The second-order valence-corrected chi connectivity index (χ2v) is 3.10. The van der Waals surface area contributed by atoms with Crippen molar-refractivity contribution in [3.8, 4) is 12.1 Å². The molecular weight excluding hydrogens is 244 g/mol. The van der Waals surface area contributed by atoms with Crippen molar-refractivity contribution in [3.63, 3.8) is 0 Å². The Balaban J connectivity index is 3.09. The topological polar surface area (TPSA) is 81.2 Å². The molecule has 1 N–H and O–H groups in total. The van der Waals surface area contributed by atoms with Gasteiger partial charge in [-0.1, -0.05) is 0 Å². The molecule has 1 heterocycles. The van der Waals surface area contributed by atoms with E-state index in [-0.39, 0.29) is 0 Å². The molecule has 1 rings (SSSR count). The van der Waals surface area contributed by atoms with Crippen LogP contribution in [0.15, 0.2) is 4.99 Å². The van der Waals surface area contributed by atoms with Crippen LogP contribution < -0.4 is 5.32 Å². The van der Waals surface area contributed by atoms with E-state index in [0.717, 1.165) is 0 Å². The summed E-state index contributed by atoms with van der Waals surface area (Å²) in [6.07, 6.45) is -7.51. The van der Waals surface area contributed by atoms with E-state index in [1.807, 2.05) is 5.32 Å². The SMILES string of the molecule is COC(F)(C1N=C(C#N)C(C#N)N1)C(F)(F)F. The van der Waals surface area contributed by atoms with Gasteiger partial charge in [0, 0.05) is 7.11 Å². The van der Waals surface area contributed by atoms with Gasteiger partial charge in [-0.2, -0.15) is 28.1 Å². The maximum absolute atomic E-state index is 13.6. The third-order valence-electron chi connectivity index (χ3n) is 2.15. The normalized spacial score (nSPS) is 27.8. The molecule has 0 aromatic heterocycles. The second kappa shape index (κ2) is 4.28. The Kier molecular flexibility index (Phi) is 3.36. The van der Waals surface area contributed by atoms with Crippen molar-refractivity contribution < 1.29 is 22.3 Å². The van der Waals surface area contributed by atoms with Crippen molar-refractivity contribution in [2.45, 2.75) is 24.2 Å². The van der Waals surface area contributed by atoms with E-state index in [1.54, 1.807) is 0 Å². The van der Waals surface area contributed by atoms with Crippen LogP contribution in [-0.2, 0) is 4.74 Å². The molecule has 0 aromatic rings. The van der Waals surface area contributed by atoms with E-state index < -0.39 is 30.0 Å². The van der Waals surface area contributed by atoms with Crippen LogP contribution in [0.2, 0.25) is 0 Å². The molecule has 0 amide bonds. The number of nitrogens with zero attached hydrogens (tertiary/aromatic N) is 3. The summed E-state index contributed by atoms with van der Waals surface area (Å²) in [5.74, 6) is -4.08. The molecule has 0 fully saturated rings. The first-order chi connectivity index (χ1) is 7.80. The first kappa shape index (κ1) is 13.4. The lowest BCUT2D eigenvalue weighted by atomic mass is 10.2. The Bertz CT molecular complexity index is 421. The number of alkyl halides is 4. The number of hydrogen-bond donors (Lipinski definition) is 1. The number of hydrogen-bond acceptors (Lipinski definition) is 5. The minimum Gasteiger partial charge on any atom is -0.340 e. The smallest absolute Gasteiger partial charge is 0.340 e. The molecule has 0 spiro atoms. The zero-order valence-corrected chi connectivity index (χ0v) is 8.42. The molecule has 0 saturated heterocycles. The Morgan fingerprint density at radius 2 is 1.94 bits per heavy atom. The van der Waals surface area contributed by atoms with Gasteiger partial charge in [0.05, 0.1) is 6.07 Å². The number of ether oxygens (including phenoxy) is 1. The predicted octanol–water partition coefficient (Wildman–Crippen LogP) is 0.647. The average molecular weight is 250 g/mol. The van der Waals surface area contributed by atoms with Crippen LogP contribution in [0.1, 0.15) is 0 Å². The van der Waals surface area contributed by atoms with Crippen LogP contribution in [0, 0.1) is 22.7 Å². The summed E-state index contributed by atoms with van der Waals surface area (Å²) in [6.45, 7) is 0. The molecule has 1 aliphatic heterocycles. The van der Waals surface area contributed by atoms with Gasteiger partial charge < -0.3 is 4.74 Å². The Labute approximate surface area is 93.3 Å². The largest absolute Gasteiger partial charge is 0.452 e. The molecule has 5 nitrogen and oxygen atoms in total. The van der Waals surface area contributed by atoms with Crippen LogP contribution in [0.4, 0.5) is 17.6 Å². The maximum atomic E-state index is 13.6. The van der Waals surface area contributed by atoms with Crippen molar-refractivity contribution in [2.75, 3.05) is 7.11 Å². The monoisotopic (exact) mass is 250 g/mol. The summed E-state index contributed by atoms with van der Waals surface area (Å²) < 4.78 is 54.7. The number of nitriles is 2. The quantitative estimate of drug-likeness (QED) is 0.729. The molecule has 92 valence electrons. The molecule has 0 saturated carbocycles. The van der Waals surface area contributed by atoms with E-state index in [1.165, 1.54) is 12.1 Å². The summed E-state index contributed by atoms with van der Waals surface area (Å²) >= 11 is 0. The number of halogens is 4. The van der Waals surface area contributed by atoms with E-state index in [0.29, 0.717) is 7.11 Å². The van der Waals surface area contributed by atoms with Gasteiger partial charge in [0.25, 0.3) is 0 Å². The fourth-order valence-electron chi connectivity index (χ4n) is 1.25. The number of aliphatic imine (C=N–C) groups is 1. The molecule has 17 heavy (non-hydrogen) atoms. The summed E-state index contributed by atoms with van der Waals surface area (Å²) in [7, 11) is 0.524. The lowest BCUT2D eigenvalue weighted by molar-refractivity contribution is -0.334. The van der Waals surface area contributed by atoms with Gasteiger partial charge in [0.15, 0.2) is 6.17 Å². The number of rotatable bonds is 2. The maximum Gasteiger partial charge on any atom is 0.452 e. The third kappa shape index (κ3) is 2.07. The van der Waals surface area contributed by atoms with Crippen LogP contribution in [-0.4, -0.2) is 37.1 Å². The van der Waals surface area contributed by atoms with Crippen molar-refractivity contribution in [2.24, 2.45) is 4.99 Å². The van der Waals surface area contributed by atoms with Crippen LogP contribution in [0.5, 0.6) is 0 Å². The molecule has 0 aliphatic carbocycles. The van der Waals surface area contributed by atoms with Gasteiger partial charge >= 0.3 is 12.0 Å². The van der Waals surface area contributed by atoms with E-state index in [9.17, 15) is 17.6 Å². The Morgan fingerprint density at radius 1 is 1.35 bits per heavy atom. The highest BCUT2D eigenvalue weighted by Gasteiger charge is 2.64. The minimum atomic E-state index is -5.34. The van der Waals surface area contributed by atoms with Crippen LogP contribution in [0.25, 0.3) is 0 Å². The molecule has 0 aromatic carbocycles. The Morgan fingerprint density at radius 3 is 2.24 bits per heavy atom. The van der Waals surface area contributed by atoms with Crippen molar-refractivity contribution >= 4 is 5.71 Å². The van der Waals surface area contributed by atoms with Gasteiger partial charge in [0.2, 0.25) is 0 Å². The molecule has 3 unspecified atom stereocenters. The molecule has 9 heteroatoms. The van der Waals surface area contributed by atoms with E-state index in [2.05, 4.69) is 9.73 Å². The lowest BCUT2D eigenvalue weighted by Gasteiger charge is -2.29. The van der Waals surface area contributed by atoms with Gasteiger partial charge in [-0.05, 0) is 0 Å². The molecule has 0 radical (unpaired) electrons. The highest BCUT2D eigenvalue weighted by Crippen LogP contribution is 2.39. The first-order valence-electron chi connectivity index (χ1n) is 4.24. The van der Waals surface area contributed by atoms with Crippen molar-refractivity contribution in [3.05, 3.63) is 0 Å². The highest BCUT2D eigenvalue weighted by atomic mass is 19.4. The molecule has 1 aliphatic rings. The lowest BCUT2D eigenvalue weighted by Crippen LogP contribution is -2.57. The second-order valence-electron chi connectivity index (χ2n) is 3.10.